The Labute approximate surface area is 104 Å². The number of ether oxygens (including phenoxy) is 1. The minimum Gasteiger partial charge on any atom is -0.497 e. The summed E-state index contributed by atoms with van der Waals surface area (Å²) in [4.78, 5) is 1.41. The maximum absolute atomic E-state index is 6.04. The van der Waals surface area contributed by atoms with Gasteiger partial charge in [-0.2, -0.15) is 4.80 Å². The van der Waals surface area contributed by atoms with E-state index in [1.807, 2.05) is 6.07 Å². The van der Waals surface area contributed by atoms with Crippen molar-refractivity contribution in [3.05, 3.63) is 29.0 Å². The number of aromatic nitrogens is 4. The van der Waals surface area contributed by atoms with Gasteiger partial charge < -0.3 is 10.1 Å². The zero-order valence-corrected chi connectivity index (χ0v) is 10.3. The zero-order valence-electron chi connectivity index (χ0n) is 9.51. The van der Waals surface area contributed by atoms with E-state index < -0.39 is 0 Å². The van der Waals surface area contributed by atoms with Crippen LogP contribution in [0.3, 0.4) is 0 Å². The Morgan fingerprint density at radius 3 is 2.94 bits per heavy atom. The highest BCUT2D eigenvalue weighted by Gasteiger charge is 2.04. The molecule has 0 aliphatic heterocycles. The van der Waals surface area contributed by atoms with Crippen molar-refractivity contribution in [1.82, 2.24) is 20.2 Å². The third-order valence-electron chi connectivity index (χ3n) is 2.16. The number of nitrogens with one attached hydrogen (secondary N) is 1. The fourth-order valence-electron chi connectivity index (χ4n) is 1.34. The van der Waals surface area contributed by atoms with Crippen molar-refractivity contribution in [2.45, 2.75) is 6.54 Å². The molecule has 0 radical (unpaired) electrons. The Balaban J connectivity index is 2.07. The second-order valence-corrected chi connectivity index (χ2v) is 3.80. The number of benzene rings is 1. The SMILES string of the molecule is COc1ccc(Cl)c(NCc2nnn(C)n2)c1. The fourth-order valence-corrected chi connectivity index (χ4v) is 1.52. The zero-order chi connectivity index (χ0) is 12.3. The summed E-state index contributed by atoms with van der Waals surface area (Å²) in [5.41, 5.74) is 0.776. The molecule has 2 aromatic rings. The number of halogens is 1. The molecule has 0 aliphatic rings. The van der Waals surface area contributed by atoms with Gasteiger partial charge in [0.25, 0.3) is 0 Å². The molecule has 1 heterocycles. The van der Waals surface area contributed by atoms with Crippen LogP contribution >= 0.6 is 11.6 Å². The second kappa shape index (κ2) is 5.01. The predicted octanol–water partition coefficient (Wildman–Crippen LogP) is 1.48. The van der Waals surface area contributed by atoms with Crippen molar-refractivity contribution >= 4 is 17.3 Å². The molecule has 0 saturated carbocycles. The molecule has 2 rings (SSSR count). The summed E-state index contributed by atoms with van der Waals surface area (Å²) in [6.07, 6.45) is 0. The van der Waals surface area contributed by atoms with Crippen molar-refractivity contribution in [3.63, 3.8) is 0 Å². The van der Waals surface area contributed by atoms with Gasteiger partial charge in [0.05, 0.1) is 31.4 Å². The van der Waals surface area contributed by atoms with Gasteiger partial charge in [0.15, 0.2) is 5.82 Å². The molecule has 0 fully saturated rings. The largest absolute Gasteiger partial charge is 0.497 e. The summed E-state index contributed by atoms with van der Waals surface area (Å²) in [5, 5.41) is 15.4. The van der Waals surface area contributed by atoms with Gasteiger partial charge in [-0.1, -0.05) is 11.6 Å². The van der Waals surface area contributed by atoms with Gasteiger partial charge >= 0.3 is 0 Å². The van der Waals surface area contributed by atoms with Gasteiger partial charge in [0.2, 0.25) is 0 Å². The molecule has 7 heteroatoms. The smallest absolute Gasteiger partial charge is 0.193 e. The number of methoxy groups -OCH3 is 1. The van der Waals surface area contributed by atoms with Gasteiger partial charge in [-0.05, 0) is 17.3 Å². The Morgan fingerprint density at radius 1 is 1.47 bits per heavy atom. The van der Waals surface area contributed by atoms with Gasteiger partial charge in [0, 0.05) is 6.07 Å². The lowest BCUT2D eigenvalue weighted by Gasteiger charge is -2.08. The standard InChI is InChI=1S/C10H12ClN5O/c1-16-14-10(13-15-16)6-12-9-5-7(17-2)3-4-8(9)11/h3-5,12H,6H2,1-2H3. The molecule has 1 N–H and O–H groups in total. The summed E-state index contributed by atoms with van der Waals surface area (Å²) in [5.74, 6) is 1.34. The minimum atomic E-state index is 0.459. The van der Waals surface area contributed by atoms with E-state index in [1.54, 1.807) is 26.3 Å². The van der Waals surface area contributed by atoms with E-state index in [1.165, 1.54) is 4.80 Å². The first-order valence-electron chi connectivity index (χ1n) is 4.99. The Morgan fingerprint density at radius 2 is 2.29 bits per heavy atom. The van der Waals surface area contributed by atoms with E-state index in [2.05, 4.69) is 20.7 Å². The molecule has 0 amide bonds. The molecule has 1 aromatic carbocycles. The van der Waals surface area contributed by atoms with Crippen LogP contribution in [0.15, 0.2) is 18.2 Å². The quantitative estimate of drug-likeness (QED) is 0.894. The Bertz CT molecular complexity index is 513. The van der Waals surface area contributed by atoms with E-state index in [0.717, 1.165) is 11.4 Å². The highest BCUT2D eigenvalue weighted by atomic mass is 35.5. The van der Waals surface area contributed by atoms with Gasteiger partial charge in [-0.15, -0.1) is 10.2 Å². The number of hydrogen-bond acceptors (Lipinski definition) is 5. The highest BCUT2D eigenvalue weighted by molar-refractivity contribution is 6.33. The lowest BCUT2D eigenvalue weighted by Crippen LogP contribution is -2.03. The number of tetrazole rings is 1. The first kappa shape index (κ1) is 11.7. The van der Waals surface area contributed by atoms with Gasteiger partial charge in [-0.3, -0.25) is 0 Å². The van der Waals surface area contributed by atoms with E-state index in [-0.39, 0.29) is 0 Å². The van der Waals surface area contributed by atoms with E-state index in [0.29, 0.717) is 17.4 Å². The first-order chi connectivity index (χ1) is 8.19. The van der Waals surface area contributed by atoms with Crippen LogP contribution in [-0.2, 0) is 13.6 Å². The van der Waals surface area contributed by atoms with E-state index >= 15 is 0 Å². The normalized spacial score (nSPS) is 10.3. The molecule has 6 nitrogen and oxygen atoms in total. The molecule has 0 spiro atoms. The summed E-state index contributed by atoms with van der Waals surface area (Å²) >= 11 is 6.04. The molecule has 0 aliphatic carbocycles. The van der Waals surface area contributed by atoms with Crippen LogP contribution in [0.5, 0.6) is 5.75 Å². The monoisotopic (exact) mass is 253 g/mol. The fraction of sp³-hybridized carbons (Fsp3) is 0.300. The molecular formula is C10H12ClN5O. The highest BCUT2D eigenvalue weighted by Crippen LogP contribution is 2.26. The van der Waals surface area contributed by atoms with Crippen molar-refractivity contribution in [1.29, 1.82) is 0 Å². The minimum absolute atomic E-state index is 0.459. The molecule has 0 bridgehead atoms. The predicted molar refractivity (Wildman–Crippen MR) is 64.1 cm³/mol. The maximum atomic E-state index is 6.04. The van der Waals surface area contributed by atoms with Crippen molar-refractivity contribution in [2.24, 2.45) is 7.05 Å². The van der Waals surface area contributed by atoms with Crippen molar-refractivity contribution in [2.75, 3.05) is 12.4 Å². The summed E-state index contributed by atoms with van der Waals surface area (Å²) in [7, 11) is 3.33. The summed E-state index contributed by atoms with van der Waals surface area (Å²) in [6, 6.07) is 5.39. The van der Waals surface area contributed by atoms with Crippen molar-refractivity contribution in [3.8, 4) is 5.75 Å². The number of nitrogens with zero attached hydrogens (tertiary/aromatic N) is 4. The van der Waals surface area contributed by atoms with Gasteiger partial charge in [0.1, 0.15) is 5.75 Å². The van der Waals surface area contributed by atoms with Gasteiger partial charge in [-0.25, -0.2) is 0 Å². The lowest BCUT2D eigenvalue weighted by molar-refractivity contribution is 0.415. The number of anilines is 1. The molecule has 0 unspecified atom stereocenters. The summed E-state index contributed by atoms with van der Waals surface area (Å²) in [6.45, 7) is 0.459. The summed E-state index contributed by atoms with van der Waals surface area (Å²) < 4.78 is 5.12. The third kappa shape index (κ3) is 2.85. The van der Waals surface area contributed by atoms with E-state index in [9.17, 15) is 0 Å². The topological polar surface area (TPSA) is 64.9 Å². The number of rotatable bonds is 4. The number of hydrogen-bond donors (Lipinski definition) is 1. The Hall–Kier alpha value is -1.82. The molecular weight excluding hydrogens is 242 g/mol. The van der Waals surface area contributed by atoms with Crippen LogP contribution in [0.25, 0.3) is 0 Å². The van der Waals surface area contributed by atoms with Crippen LogP contribution in [0.1, 0.15) is 5.82 Å². The average Bonchev–Trinajstić information content (AvgIpc) is 2.74. The van der Waals surface area contributed by atoms with Crippen LogP contribution in [-0.4, -0.2) is 27.3 Å². The second-order valence-electron chi connectivity index (χ2n) is 3.39. The molecule has 17 heavy (non-hydrogen) atoms. The van der Waals surface area contributed by atoms with Crippen LogP contribution in [0.4, 0.5) is 5.69 Å². The lowest BCUT2D eigenvalue weighted by atomic mass is 10.3. The molecule has 1 aromatic heterocycles. The van der Waals surface area contributed by atoms with Crippen LogP contribution in [0.2, 0.25) is 5.02 Å². The van der Waals surface area contributed by atoms with Crippen LogP contribution in [0, 0.1) is 0 Å². The van der Waals surface area contributed by atoms with Crippen molar-refractivity contribution < 1.29 is 4.74 Å². The Kier molecular flexibility index (Phi) is 3.43. The molecule has 90 valence electrons. The number of aryl methyl sites for hydroxylation is 1. The molecule has 0 saturated heterocycles. The average molecular weight is 254 g/mol. The first-order valence-corrected chi connectivity index (χ1v) is 5.37. The molecule has 0 atom stereocenters. The van der Waals surface area contributed by atoms with Crippen LogP contribution < -0.4 is 10.1 Å². The maximum Gasteiger partial charge on any atom is 0.193 e. The van der Waals surface area contributed by atoms with E-state index in [4.69, 9.17) is 16.3 Å². The third-order valence-corrected chi connectivity index (χ3v) is 2.49.